The van der Waals surface area contributed by atoms with Crippen molar-refractivity contribution in [1.82, 2.24) is 0 Å². The molecular formula is C17H29N. The molecule has 0 saturated heterocycles. The highest BCUT2D eigenvalue weighted by molar-refractivity contribution is 5.01. The largest absolute Gasteiger partial charge is 0.325 e. The van der Waals surface area contributed by atoms with Gasteiger partial charge in [0.15, 0.2) is 0 Å². The Morgan fingerprint density at radius 1 is 0.778 bits per heavy atom. The maximum atomic E-state index is 6.74. The summed E-state index contributed by atoms with van der Waals surface area (Å²) in [5, 5.41) is 0. The standard InChI is InChI=1S/C17H29N/c18-17(4-2-1-3-5-17)11-16-14-7-12-6-13(9-14)10-15(16)8-12/h12-16H,1-11,18H2. The molecule has 5 aliphatic carbocycles. The first kappa shape index (κ1) is 11.8. The van der Waals surface area contributed by atoms with E-state index in [-0.39, 0.29) is 5.54 Å². The fourth-order valence-corrected chi connectivity index (χ4v) is 6.30. The number of rotatable bonds is 2. The minimum atomic E-state index is 0.234. The molecule has 0 spiro atoms. The van der Waals surface area contributed by atoms with Gasteiger partial charge in [0.25, 0.3) is 0 Å². The van der Waals surface area contributed by atoms with Gasteiger partial charge in [-0.2, -0.15) is 0 Å². The van der Waals surface area contributed by atoms with E-state index in [0.717, 1.165) is 29.6 Å². The monoisotopic (exact) mass is 247 g/mol. The molecule has 0 aromatic carbocycles. The molecule has 18 heavy (non-hydrogen) atoms. The molecule has 0 heterocycles. The molecule has 0 atom stereocenters. The van der Waals surface area contributed by atoms with Crippen molar-refractivity contribution in [3.05, 3.63) is 0 Å². The summed E-state index contributed by atoms with van der Waals surface area (Å²) >= 11 is 0. The van der Waals surface area contributed by atoms with Gasteiger partial charge in [0.05, 0.1) is 0 Å². The minimum Gasteiger partial charge on any atom is -0.325 e. The van der Waals surface area contributed by atoms with Crippen LogP contribution in [0.5, 0.6) is 0 Å². The predicted octanol–water partition coefficient (Wildman–Crippen LogP) is 4.11. The smallest absolute Gasteiger partial charge is 0.0157 e. The maximum Gasteiger partial charge on any atom is 0.0157 e. The summed E-state index contributed by atoms with van der Waals surface area (Å²) in [6.07, 6.45) is 16.1. The highest BCUT2D eigenvalue weighted by Crippen LogP contribution is 2.58. The molecule has 0 aromatic heterocycles. The predicted molar refractivity (Wildman–Crippen MR) is 75.2 cm³/mol. The van der Waals surface area contributed by atoms with Crippen molar-refractivity contribution in [2.24, 2.45) is 35.3 Å². The quantitative estimate of drug-likeness (QED) is 0.781. The molecule has 5 aliphatic rings. The fourth-order valence-electron chi connectivity index (χ4n) is 6.30. The van der Waals surface area contributed by atoms with Crippen LogP contribution in [0.1, 0.15) is 70.6 Å². The molecule has 0 aliphatic heterocycles. The van der Waals surface area contributed by atoms with Crippen molar-refractivity contribution < 1.29 is 0 Å². The molecule has 2 N–H and O–H groups in total. The SMILES string of the molecule is NC1(CC2C3CC4CC(C3)CC2C4)CCCCC1. The second kappa shape index (κ2) is 4.23. The van der Waals surface area contributed by atoms with Crippen molar-refractivity contribution in [1.29, 1.82) is 0 Å². The highest BCUT2D eigenvalue weighted by Gasteiger charge is 2.49. The lowest BCUT2D eigenvalue weighted by Gasteiger charge is -2.56. The normalized spacial score (nSPS) is 49.5. The van der Waals surface area contributed by atoms with E-state index in [0.29, 0.717) is 0 Å². The molecular weight excluding hydrogens is 218 g/mol. The van der Waals surface area contributed by atoms with Crippen molar-refractivity contribution in [3.63, 3.8) is 0 Å². The zero-order valence-electron chi connectivity index (χ0n) is 11.7. The van der Waals surface area contributed by atoms with E-state index in [1.54, 1.807) is 32.1 Å². The molecule has 1 nitrogen and oxygen atoms in total. The molecule has 5 saturated carbocycles. The summed E-state index contributed by atoms with van der Waals surface area (Å²) in [5.41, 5.74) is 6.97. The van der Waals surface area contributed by atoms with Crippen LogP contribution in [0.25, 0.3) is 0 Å². The van der Waals surface area contributed by atoms with Gasteiger partial charge in [-0.3, -0.25) is 0 Å². The van der Waals surface area contributed by atoms with Crippen molar-refractivity contribution in [2.75, 3.05) is 0 Å². The average molecular weight is 247 g/mol. The Kier molecular flexibility index (Phi) is 2.76. The molecule has 0 unspecified atom stereocenters. The van der Waals surface area contributed by atoms with Gasteiger partial charge < -0.3 is 5.73 Å². The lowest BCUT2D eigenvalue weighted by Crippen LogP contribution is -2.51. The van der Waals surface area contributed by atoms with E-state index in [2.05, 4.69) is 0 Å². The van der Waals surface area contributed by atoms with Gasteiger partial charge >= 0.3 is 0 Å². The molecule has 0 radical (unpaired) electrons. The van der Waals surface area contributed by atoms with E-state index in [1.807, 2.05) is 0 Å². The van der Waals surface area contributed by atoms with Crippen LogP contribution in [0.2, 0.25) is 0 Å². The summed E-state index contributed by atoms with van der Waals surface area (Å²) in [6.45, 7) is 0. The molecule has 4 bridgehead atoms. The second-order valence-electron chi connectivity index (χ2n) is 8.22. The van der Waals surface area contributed by atoms with Crippen LogP contribution in [-0.4, -0.2) is 5.54 Å². The van der Waals surface area contributed by atoms with E-state index in [9.17, 15) is 0 Å². The summed E-state index contributed by atoms with van der Waals surface area (Å²) in [4.78, 5) is 0. The van der Waals surface area contributed by atoms with Crippen LogP contribution in [0.15, 0.2) is 0 Å². The third-order valence-corrected chi connectivity index (χ3v) is 6.91. The van der Waals surface area contributed by atoms with Gasteiger partial charge in [-0.05, 0) is 81.0 Å². The van der Waals surface area contributed by atoms with Gasteiger partial charge in [-0.15, -0.1) is 0 Å². The first-order valence-electron chi connectivity index (χ1n) is 8.51. The third kappa shape index (κ3) is 1.94. The van der Waals surface area contributed by atoms with Crippen molar-refractivity contribution in [3.8, 4) is 0 Å². The summed E-state index contributed by atoms with van der Waals surface area (Å²) in [7, 11) is 0. The van der Waals surface area contributed by atoms with Crippen LogP contribution in [0.3, 0.4) is 0 Å². The van der Waals surface area contributed by atoms with Gasteiger partial charge in [0.1, 0.15) is 0 Å². The zero-order chi connectivity index (χ0) is 12.2. The Labute approximate surface area is 112 Å². The van der Waals surface area contributed by atoms with E-state index < -0.39 is 0 Å². The molecule has 1 heteroatoms. The first-order valence-corrected chi connectivity index (χ1v) is 8.51. The highest BCUT2D eigenvalue weighted by atomic mass is 14.8. The average Bonchev–Trinajstić information content (AvgIpc) is 2.34. The van der Waals surface area contributed by atoms with E-state index in [4.69, 9.17) is 5.73 Å². The van der Waals surface area contributed by atoms with Gasteiger partial charge in [-0.25, -0.2) is 0 Å². The summed E-state index contributed by atoms with van der Waals surface area (Å²) in [6, 6.07) is 0. The summed E-state index contributed by atoms with van der Waals surface area (Å²) in [5.74, 6) is 5.39. The van der Waals surface area contributed by atoms with Crippen molar-refractivity contribution >= 4 is 0 Å². The zero-order valence-corrected chi connectivity index (χ0v) is 11.7. The Morgan fingerprint density at radius 3 is 1.89 bits per heavy atom. The van der Waals surface area contributed by atoms with Gasteiger partial charge in [0, 0.05) is 5.54 Å². The Balaban J connectivity index is 1.48. The van der Waals surface area contributed by atoms with E-state index >= 15 is 0 Å². The molecule has 102 valence electrons. The van der Waals surface area contributed by atoms with Crippen LogP contribution < -0.4 is 5.73 Å². The summed E-state index contributed by atoms with van der Waals surface area (Å²) < 4.78 is 0. The molecule has 0 aromatic rings. The second-order valence-corrected chi connectivity index (χ2v) is 8.22. The lowest BCUT2D eigenvalue weighted by atomic mass is 9.50. The van der Waals surface area contributed by atoms with Crippen LogP contribution in [0.4, 0.5) is 0 Å². The topological polar surface area (TPSA) is 26.0 Å². The van der Waals surface area contributed by atoms with Crippen LogP contribution >= 0.6 is 0 Å². The van der Waals surface area contributed by atoms with Gasteiger partial charge in [-0.1, -0.05) is 19.3 Å². The van der Waals surface area contributed by atoms with E-state index in [1.165, 1.54) is 38.5 Å². The maximum absolute atomic E-state index is 6.74. The van der Waals surface area contributed by atoms with Gasteiger partial charge in [0.2, 0.25) is 0 Å². The van der Waals surface area contributed by atoms with Crippen LogP contribution in [-0.2, 0) is 0 Å². The lowest BCUT2D eigenvalue weighted by molar-refractivity contribution is -0.0502. The van der Waals surface area contributed by atoms with Crippen molar-refractivity contribution in [2.45, 2.75) is 76.2 Å². The number of hydrogen-bond donors (Lipinski definition) is 1. The van der Waals surface area contributed by atoms with Crippen LogP contribution in [0, 0.1) is 29.6 Å². The molecule has 5 rings (SSSR count). The number of hydrogen-bond acceptors (Lipinski definition) is 1. The minimum absolute atomic E-state index is 0.234. The number of nitrogens with two attached hydrogens (primary N) is 1. The Bertz CT molecular complexity index is 288. The molecule has 0 amide bonds. The third-order valence-electron chi connectivity index (χ3n) is 6.91. The Hall–Kier alpha value is -0.0400. The first-order chi connectivity index (χ1) is 8.72. The molecule has 5 fully saturated rings. The Morgan fingerprint density at radius 2 is 1.33 bits per heavy atom. The fraction of sp³-hybridized carbons (Fsp3) is 1.00.